The van der Waals surface area contributed by atoms with E-state index in [0.29, 0.717) is 39.3 Å². The van der Waals surface area contributed by atoms with Gasteiger partial charge in [-0.1, -0.05) is 138 Å². The Morgan fingerprint density at radius 2 is 0.571 bits per heavy atom. The number of carbonyl (C=O) groups is 4. The smallest absolute Gasteiger partial charge is 0.255 e. The number of nitrogens with one attached hydrogen (secondary N) is 3. The molecule has 8 rings (SSSR count). The molecule has 0 aromatic heterocycles. The van der Waals surface area contributed by atoms with Gasteiger partial charge in [-0.05, 0) is 171 Å². The zero-order valence-electron chi connectivity index (χ0n) is 41.0. The molecule has 0 bridgehead atoms. The molecule has 348 valence electrons. The summed E-state index contributed by atoms with van der Waals surface area (Å²) in [6.45, 7) is 15.8. The number of hydrogen-bond donors (Lipinski definition) is 3. The molecule has 0 spiro atoms. The van der Waals surface area contributed by atoms with Crippen LogP contribution in [0.4, 0.5) is 17.1 Å². The van der Waals surface area contributed by atoms with E-state index in [1.165, 1.54) is 0 Å². The number of benzene rings is 8. The Balaban J connectivity index is 1.22. The van der Waals surface area contributed by atoms with E-state index in [2.05, 4.69) is 16.0 Å². The van der Waals surface area contributed by atoms with Crippen molar-refractivity contribution >= 4 is 51.7 Å². The minimum atomic E-state index is -0.194. The average Bonchev–Trinajstić information content (AvgIpc) is 3.32. The molecule has 7 nitrogen and oxygen atoms in total. The van der Waals surface area contributed by atoms with E-state index in [4.69, 9.17) is 0 Å². The van der Waals surface area contributed by atoms with Gasteiger partial charge in [0.25, 0.3) is 17.7 Å². The third-order valence-electron chi connectivity index (χ3n) is 12.7. The summed E-state index contributed by atoms with van der Waals surface area (Å²) in [7, 11) is 0. The van der Waals surface area contributed by atoms with Crippen LogP contribution in [0.2, 0.25) is 0 Å². The summed E-state index contributed by atoms with van der Waals surface area (Å²) < 4.78 is 0. The Morgan fingerprint density at radius 1 is 0.314 bits per heavy atom. The molecule has 3 amide bonds. The highest BCUT2D eigenvalue weighted by molar-refractivity contribution is 6.09. The molecule has 8 aromatic carbocycles. The number of hydrogen-bond acceptors (Lipinski definition) is 4. The molecular weight excluding hydrogens is 863 g/mol. The van der Waals surface area contributed by atoms with Crippen molar-refractivity contribution in [3.05, 3.63) is 264 Å². The lowest BCUT2D eigenvalue weighted by atomic mass is 9.85. The van der Waals surface area contributed by atoms with Crippen LogP contribution in [0.3, 0.4) is 0 Å². The van der Waals surface area contributed by atoms with E-state index in [0.717, 1.165) is 83.5 Å². The summed E-state index contributed by atoms with van der Waals surface area (Å²) in [5, 5.41) is 9.26. The lowest BCUT2D eigenvalue weighted by molar-refractivity contribution is 0.0988. The van der Waals surface area contributed by atoms with Crippen LogP contribution in [-0.2, 0) is 6.42 Å². The summed E-state index contributed by atoms with van der Waals surface area (Å²) in [6.07, 6.45) is 0.246. The molecule has 7 heteroatoms. The fourth-order valence-electron chi connectivity index (χ4n) is 9.07. The first kappa shape index (κ1) is 48.1. The quantitative estimate of drug-likeness (QED) is 0.0791. The maximum absolute atomic E-state index is 13.6. The van der Waals surface area contributed by atoms with Crippen LogP contribution in [0.1, 0.15) is 114 Å². The molecule has 0 saturated carbocycles. The van der Waals surface area contributed by atoms with Crippen molar-refractivity contribution in [1.82, 2.24) is 0 Å². The van der Waals surface area contributed by atoms with Crippen LogP contribution in [-0.4, -0.2) is 23.5 Å². The molecule has 3 N–H and O–H groups in total. The van der Waals surface area contributed by atoms with Crippen molar-refractivity contribution < 1.29 is 19.2 Å². The van der Waals surface area contributed by atoms with E-state index in [1.807, 2.05) is 225 Å². The topological polar surface area (TPSA) is 104 Å². The molecule has 0 atom stereocenters. The Morgan fingerprint density at radius 3 is 0.843 bits per heavy atom. The van der Waals surface area contributed by atoms with Gasteiger partial charge in [-0.2, -0.15) is 0 Å². The zero-order chi connectivity index (χ0) is 49.6. The van der Waals surface area contributed by atoms with Crippen LogP contribution >= 0.6 is 0 Å². The van der Waals surface area contributed by atoms with Gasteiger partial charge in [-0.3, -0.25) is 19.2 Å². The van der Waals surface area contributed by atoms with Gasteiger partial charge in [0, 0.05) is 45.7 Å². The van der Waals surface area contributed by atoms with Gasteiger partial charge >= 0.3 is 0 Å². The van der Waals surface area contributed by atoms with Crippen LogP contribution in [0.5, 0.6) is 0 Å². The van der Waals surface area contributed by atoms with Gasteiger partial charge in [-0.15, -0.1) is 0 Å². The van der Waals surface area contributed by atoms with E-state index in [9.17, 15) is 19.2 Å². The first-order chi connectivity index (χ1) is 33.6. The minimum Gasteiger partial charge on any atom is -0.322 e. The van der Waals surface area contributed by atoms with Gasteiger partial charge in [0.05, 0.1) is 0 Å². The molecule has 70 heavy (non-hydrogen) atoms. The summed E-state index contributed by atoms with van der Waals surface area (Å²) in [5.74, 6) is -0.529. The molecule has 0 aliphatic rings. The lowest BCUT2D eigenvalue weighted by Crippen LogP contribution is -2.13. The summed E-state index contributed by atoms with van der Waals surface area (Å²) in [6, 6.07) is 54.8. The third kappa shape index (κ3) is 11.1. The Bertz CT molecular complexity index is 2880. The maximum Gasteiger partial charge on any atom is 0.255 e. The van der Waals surface area contributed by atoms with E-state index < -0.39 is 0 Å². The first-order valence-electron chi connectivity index (χ1n) is 23.5. The molecule has 0 radical (unpaired) electrons. The van der Waals surface area contributed by atoms with E-state index >= 15 is 0 Å². The molecular formula is C63H57N3O4. The van der Waals surface area contributed by atoms with Crippen molar-refractivity contribution in [3.63, 3.8) is 0 Å². The monoisotopic (exact) mass is 919 g/mol. The number of Topliss-reactive ketones (excluding diaryl/α,β-unsaturated/α-hetero) is 1. The number of anilines is 3. The number of aryl methyl sites for hydroxylation is 8. The normalized spacial score (nSPS) is 10.9. The number of carbonyl (C=O) groups excluding carboxylic acids is 4. The second-order valence-corrected chi connectivity index (χ2v) is 18.4. The SMILES string of the molecule is Cc1ccc(C(=O)Cc2ccc(C(=C(c3ccc(NC(=O)c4ccc(C)cc4C)cc3)c3ccc(NC(=O)c4ccc(C)cc4C)cc3)c3ccc(NC(=O)c4ccc(C)cc4C)cc3)cc2)c(C)c1. The molecule has 8 aromatic rings. The van der Waals surface area contributed by atoms with Gasteiger partial charge in [-0.25, -0.2) is 0 Å². The van der Waals surface area contributed by atoms with Crippen LogP contribution < -0.4 is 16.0 Å². The van der Waals surface area contributed by atoms with Gasteiger partial charge in [0.1, 0.15) is 0 Å². The fraction of sp³-hybridized carbons (Fsp3) is 0.143. The van der Waals surface area contributed by atoms with Gasteiger partial charge < -0.3 is 16.0 Å². The van der Waals surface area contributed by atoms with Crippen LogP contribution in [0.25, 0.3) is 11.1 Å². The molecule has 0 heterocycles. The third-order valence-corrected chi connectivity index (χ3v) is 12.7. The number of amides is 3. The van der Waals surface area contributed by atoms with Crippen molar-refractivity contribution in [3.8, 4) is 0 Å². The highest BCUT2D eigenvalue weighted by atomic mass is 16.2. The highest BCUT2D eigenvalue weighted by Crippen LogP contribution is 2.39. The zero-order valence-corrected chi connectivity index (χ0v) is 41.0. The summed E-state index contributed by atoms with van der Waals surface area (Å²) in [4.78, 5) is 54.1. The fourth-order valence-corrected chi connectivity index (χ4v) is 9.07. The number of rotatable bonds is 13. The Labute approximate surface area is 411 Å². The van der Waals surface area contributed by atoms with E-state index in [1.54, 1.807) is 0 Å². The molecule has 0 fully saturated rings. The predicted octanol–water partition coefficient (Wildman–Crippen LogP) is 14.3. The van der Waals surface area contributed by atoms with Crippen molar-refractivity contribution in [1.29, 1.82) is 0 Å². The molecule has 0 aliphatic carbocycles. The Hall–Kier alpha value is -8.42. The van der Waals surface area contributed by atoms with Crippen LogP contribution in [0.15, 0.2) is 170 Å². The van der Waals surface area contributed by atoms with Gasteiger partial charge in [0.15, 0.2) is 5.78 Å². The summed E-state index contributed by atoms with van der Waals surface area (Å²) in [5.41, 5.74) is 18.6. The lowest BCUT2D eigenvalue weighted by Gasteiger charge is -2.20. The van der Waals surface area contributed by atoms with E-state index in [-0.39, 0.29) is 29.9 Å². The summed E-state index contributed by atoms with van der Waals surface area (Å²) >= 11 is 0. The predicted molar refractivity (Wildman–Crippen MR) is 286 cm³/mol. The standard InChI is InChI=1S/C63H57N3O4/c1-38-9-29-54(42(5)33-38)58(67)37-46-13-15-47(16-14-46)59(48-17-23-51(24-18-48)64-61(68)55-30-10-39(2)34-43(55)6)60(49-19-25-52(26-20-49)65-62(69)56-31-11-40(3)35-44(56)7)50-21-27-53(28-22-50)66-63(70)57-32-12-41(4)36-45(57)8/h9-36H,37H2,1-8H3,(H,64,68)(H,65,69)(H,66,70). The van der Waals surface area contributed by atoms with Crippen molar-refractivity contribution in [2.45, 2.75) is 61.8 Å². The minimum absolute atomic E-state index is 0.0506. The second kappa shape index (κ2) is 20.8. The molecule has 0 saturated heterocycles. The highest BCUT2D eigenvalue weighted by Gasteiger charge is 2.20. The second-order valence-electron chi connectivity index (χ2n) is 18.4. The van der Waals surface area contributed by atoms with Crippen molar-refractivity contribution in [2.24, 2.45) is 0 Å². The average molecular weight is 920 g/mol. The maximum atomic E-state index is 13.6. The van der Waals surface area contributed by atoms with Gasteiger partial charge in [0.2, 0.25) is 0 Å². The number of ketones is 1. The first-order valence-corrected chi connectivity index (χ1v) is 23.5. The molecule has 0 unspecified atom stereocenters. The molecule has 0 aliphatic heterocycles. The van der Waals surface area contributed by atoms with Crippen LogP contribution in [0, 0.1) is 55.4 Å². The largest absolute Gasteiger partial charge is 0.322 e. The van der Waals surface area contributed by atoms with Crippen molar-refractivity contribution in [2.75, 3.05) is 16.0 Å². The Kier molecular flexibility index (Phi) is 14.3.